The first-order chi connectivity index (χ1) is 10.0. The molecular formula is C14H25N5O2. The molecule has 0 aliphatic carbocycles. The molecule has 0 atom stereocenters. The standard InChI is InChI=1S/C14H25N5O2/c1-5-15-14(17-7-6-16-11(4)20)18-9-12-8-13(10(2)3)19-21-12/h8,10H,5-7,9H2,1-4H3,(H,16,20)(H2,15,17,18). The molecule has 1 aromatic rings. The number of aromatic nitrogens is 1. The van der Waals surface area contributed by atoms with Crippen molar-refractivity contribution in [1.29, 1.82) is 0 Å². The largest absolute Gasteiger partial charge is 0.359 e. The Morgan fingerprint density at radius 3 is 2.62 bits per heavy atom. The summed E-state index contributed by atoms with van der Waals surface area (Å²) in [5.41, 5.74) is 0.934. The SMILES string of the molecule is CCNC(=NCc1cc(C(C)C)no1)NCCNC(C)=O. The zero-order valence-corrected chi connectivity index (χ0v) is 13.2. The van der Waals surface area contributed by atoms with Gasteiger partial charge in [-0.3, -0.25) is 4.79 Å². The Morgan fingerprint density at radius 1 is 1.33 bits per heavy atom. The van der Waals surface area contributed by atoms with E-state index < -0.39 is 0 Å². The molecule has 1 heterocycles. The topological polar surface area (TPSA) is 91.6 Å². The van der Waals surface area contributed by atoms with Crippen molar-refractivity contribution in [3.05, 3.63) is 17.5 Å². The number of nitrogens with one attached hydrogen (secondary N) is 3. The van der Waals surface area contributed by atoms with Crippen molar-refractivity contribution >= 4 is 11.9 Å². The molecule has 0 aromatic carbocycles. The summed E-state index contributed by atoms with van der Waals surface area (Å²) in [4.78, 5) is 15.2. The highest BCUT2D eigenvalue weighted by Gasteiger charge is 2.07. The zero-order valence-electron chi connectivity index (χ0n) is 13.2. The van der Waals surface area contributed by atoms with Crippen LogP contribution in [0.25, 0.3) is 0 Å². The molecule has 21 heavy (non-hydrogen) atoms. The predicted molar refractivity (Wildman–Crippen MR) is 82.1 cm³/mol. The van der Waals surface area contributed by atoms with Gasteiger partial charge in [-0.15, -0.1) is 0 Å². The molecule has 0 radical (unpaired) electrons. The number of nitrogens with zero attached hydrogens (tertiary/aromatic N) is 2. The third-order valence-electron chi connectivity index (χ3n) is 2.70. The van der Waals surface area contributed by atoms with Gasteiger partial charge in [0.2, 0.25) is 5.91 Å². The Labute approximate surface area is 125 Å². The van der Waals surface area contributed by atoms with Crippen LogP contribution in [0.4, 0.5) is 0 Å². The van der Waals surface area contributed by atoms with Gasteiger partial charge in [0.1, 0.15) is 6.54 Å². The molecule has 1 aromatic heterocycles. The number of hydrogen-bond donors (Lipinski definition) is 3. The molecule has 0 unspecified atom stereocenters. The van der Waals surface area contributed by atoms with Crippen molar-refractivity contribution in [2.75, 3.05) is 19.6 Å². The molecule has 7 nitrogen and oxygen atoms in total. The van der Waals surface area contributed by atoms with Crippen LogP contribution >= 0.6 is 0 Å². The summed E-state index contributed by atoms with van der Waals surface area (Å²) in [6, 6.07) is 1.93. The van der Waals surface area contributed by atoms with E-state index in [-0.39, 0.29) is 5.91 Å². The molecule has 1 rings (SSSR count). The number of carbonyl (C=O) groups is 1. The molecule has 0 bridgehead atoms. The highest BCUT2D eigenvalue weighted by atomic mass is 16.5. The minimum absolute atomic E-state index is 0.0402. The summed E-state index contributed by atoms with van der Waals surface area (Å²) in [5.74, 6) is 1.72. The first-order valence-corrected chi connectivity index (χ1v) is 7.25. The van der Waals surface area contributed by atoms with Crippen LogP contribution in [0.3, 0.4) is 0 Å². The van der Waals surface area contributed by atoms with Crippen LogP contribution < -0.4 is 16.0 Å². The predicted octanol–water partition coefficient (Wildman–Crippen LogP) is 0.989. The first kappa shape index (κ1) is 17.0. The Hall–Kier alpha value is -2.05. The van der Waals surface area contributed by atoms with E-state index in [1.807, 2.05) is 13.0 Å². The number of aliphatic imine (C=N–C) groups is 1. The van der Waals surface area contributed by atoms with E-state index in [4.69, 9.17) is 4.52 Å². The third kappa shape index (κ3) is 6.78. The van der Waals surface area contributed by atoms with Gasteiger partial charge in [0.25, 0.3) is 0 Å². The van der Waals surface area contributed by atoms with Crippen molar-refractivity contribution in [1.82, 2.24) is 21.1 Å². The summed E-state index contributed by atoms with van der Waals surface area (Å²) in [6.45, 7) is 9.98. The molecule has 0 fully saturated rings. The van der Waals surface area contributed by atoms with Gasteiger partial charge in [0.05, 0.1) is 5.69 Å². The van der Waals surface area contributed by atoms with Gasteiger partial charge >= 0.3 is 0 Å². The number of carbonyl (C=O) groups excluding carboxylic acids is 1. The van der Waals surface area contributed by atoms with Crippen molar-refractivity contribution in [3.8, 4) is 0 Å². The molecule has 3 N–H and O–H groups in total. The monoisotopic (exact) mass is 295 g/mol. The molecule has 0 spiro atoms. The van der Waals surface area contributed by atoms with Crippen LogP contribution in [0.5, 0.6) is 0 Å². The lowest BCUT2D eigenvalue weighted by atomic mass is 10.1. The summed E-state index contributed by atoms with van der Waals surface area (Å²) >= 11 is 0. The van der Waals surface area contributed by atoms with Crippen molar-refractivity contribution in [2.24, 2.45) is 4.99 Å². The maximum atomic E-state index is 10.8. The maximum absolute atomic E-state index is 10.8. The van der Waals surface area contributed by atoms with Crippen LogP contribution in [0.15, 0.2) is 15.6 Å². The van der Waals surface area contributed by atoms with E-state index >= 15 is 0 Å². The van der Waals surface area contributed by atoms with Crippen LogP contribution in [0.1, 0.15) is 45.1 Å². The van der Waals surface area contributed by atoms with E-state index in [9.17, 15) is 4.79 Å². The van der Waals surface area contributed by atoms with Gasteiger partial charge in [-0.25, -0.2) is 4.99 Å². The molecule has 118 valence electrons. The fourth-order valence-electron chi connectivity index (χ4n) is 1.59. The van der Waals surface area contributed by atoms with Gasteiger partial charge in [-0.2, -0.15) is 0 Å². The summed E-state index contributed by atoms with van der Waals surface area (Å²) < 4.78 is 5.24. The van der Waals surface area contributed by atoms with Crippen LogP contribution in [0, 0.1) is 0 Å². The second kappa shape index (κ2) is 8.99. The Kier molecular flexibility index (Phi) is 7.28. The van der Waals surface area contributed by atoms with Gasteiger partial charge in [0.15, 0.2) is 11.7 Å². The lowest BCUT2D eigenvalue weighted by Crippen LogP contribution is -2.41. The van der Waals surface area contributed by atoms with E-state index in [0.29, 0.717) is 31.5 Å². The number of guanidine groups is 1. The minimum atomic E-state index is -0.0402. The first-order valence-electron chi connectivity index (χ1n) is 7.25. The number of hydrogen-bond acceptors (Lipinski definition) is 4. The maximum Gasteiger partial charge on any atom is 0.216 e. The fourth-order valence-corrected chi connectivity index (χ4v) is 1.59. The van der Waals surface area contributed by atoms with E-state index in [1.165, 1.54) is 6.92 Å². The molecule has 1 amide bonds. The second-order valence-electron chi connectivity index (χ2n) is 4.98. The third-order valence-corrected chi connectivity index (χ3v) is 2.70. The van der Waals surface area contributed by atoms with Crippen molar-refractivity contribution < 1.29 is 9.32 Å². The van der Waals surface area contributed by atoms with Gasteiger partial charge in [-0.05, 0) is 12.8 Å². The smallest absolute Gasteiger partial charge is 0.216 e. The summed E-state index contributed by atoms with van der Waals surface area (Å²) in [7, 11) is 0. The lowest BCUT2D eigenvalue weighted by molar-refractivity contribution is -0.118. The molecule has 0 aliphatic heterocycles. The number of rotatable bonds is 7. The van der Waals surface area contributed by atoms with Gasteiger partial charge < -0.3 is 20.5 Å². The van der Waals surface area contributed by atoms with E-state index in [1.54, 1.807) is 0 Å². The highest BCUT2D eigenvalue weighted by Crippen LogP contribution is 2.14. The van der Waals surface area contributed by atoms with Crippen LogP contribution in [-0.4, -0.2) is 36.7 Å². The Bertz CT molecular complexity index is 468. The van der Waals surface area contributed by atoms with Gasteiger partial charge in [0, 0.05) is 32.6 Å². The Balaban J connectivity index is 2.47. The average molecular weight is 295 g/mol. The van der Waals surface area contributed by atoms with Crippen molar-refractivity contribution in [2.45, 2.75) is 40.2 Å². The van der Waals surface area contributed by atoms with Crippen molar-refractivity contribution in [3.63, 3.8) is 0 Å². The van der Waals surface area contributed by atoms with Gasteiger partial charge in [-0.1, -0.05) is 19.0 Å². The Morgan fingerprint density at radius 2 is 2.05 bits per heavy atom. The van der Waals surface area contributed by atoms with Crippen LogP contribution in [-0.2, 0) is 11.3 Å². The van der Waals surface area contributed by atoms with Crippen LogP contribution in [0.2, 0.25) is 0 Å². The molecular weight excluding hydrogens is 270 g/mol. The molecule has 0 saturated carbocycles. The minimum Gasteiger partial charge on any atom is -0.359 e. The summed E-state index contributed by atoms with van der Waals surface area (Å²) in [6.07, 6.45) is 0. The number of amides is 1. The molecule has 7 heteroatoms. The summed E-state index contributed by atoms with van der Waals surface area (Å²) in [5, 5.41) is 13.0. The molecule has 0 aliphatic rings. The zero-order chi connectivity index (χ0) is 15.7. The normalized spacial score (nSPS) is 11.6. The average Bonchev–Trinajstić information content (AvgIpc) is 2.89. The second-order valence-corrected chi connectivity index (χ2v) is 4.98. The molecule has 0 saturated heterocycles. The van der Waals surface area contributed by atoms with E-state index in [2.05, 4.69) is 39.9 Å². The van der Waals surface area contributed by atoms with E-state index in [0.717, 1.165) is 18.0 Å². The highest BCUT2D eigenvalue weighted by molar-refractivity contribution is 5.79. The quantitative estimate of drug-likeness (QED) is 0.396. The fraction of sp³-hybridized carbons (Fsp3) is 0.643. The lowest BCUT2D eigenvalue weighted by Gasteiger charge is -2.10.